The van der Waals surface area contributed by atoms with E-state index >= 15 is 0 Å². The zero-order chi connectivity index (χ0) is 22.2. The Bertz CT molecular complexity index is 1090. The number of benzene rings is 2. The smallest absolute Gasteiger partial charge is 0.247 e. The predicted octanol–water partition coefficient (Wildman–Crippen LogP) is 3.69. The zero-order valence-electron chi connectivity index (χ0n) is 16.5. The Morgan fingerprint density at radius 1 is 1.32 bits per heavy atom. The number of rotatable bonds is 9. The first-order valence-corrected chi connectivity index (χ1v) is 10.8. The van der Waals surface area contributed by atoms with Gasteiger partial charge in [0.25, 0.3) is 0 Å². The fourth-order valence-electron chi connectivity index (χ4n) is 2.52. The second-order valence-corrected chi connectivity index (χ2v) is 8.10. The van der Waals surface area contributed by atoms with Gasteiger partial charge < -0.3 is 15.2 Å². The van der Waals surface area contributed by atoms with E-state index in [1.54, 1.807) is 30.3 Å². The number of nitrogens with zero attached hydrogens (tertiary/aromatic N) is 3. The summed E-state index contributed by atoms with van der Waals surface area (Å²) in [5, 5.41) is 12.2. The standard InChI is InChI=1S/C20H19BrFN5O3S/c1-2-29-16-8-12(10-24-25-17(28)9-18-26-27-20(23)31-18)7-14(21)19(16)30-11-13-5-3-4-6-15(13)22/h3-8,10H,2,9,11H2,1H3,(H2,23,27)(H,25,28). The lowest BCUT2D eigenvalue weighted by atomic mass is 10.2. The van der Waals surface area contributed by atoms with Gasteiger partial charge in [0, 0.05) is 5.56 Å². The van der Waals surface area contributed by atoms with Gasteiger partial charge in [0.1, 0.15) is 17.4 Å². The molecule has 0 aliphatic heterocycles. The lowest BCUT2D eigenvalue weighted by molar-refractivity contribution is -0.120. The molecule has 1 aromatic heterocycles. The first-order valence-electron chi connectivity index (χ1n) is 9.18. The van der Waals surface area contributed by atoms with Crippen LogP contribution >= 0.6 is 27.3 Å². The van der Waals surface area contributed by atoms with Crippen molar-refractivity contribution in [3.63, 3.8) is 0 Å². The van der Waals surface area contributed by atoms with Crippen LogP contribution in [0.1, 0.15) is 23.1 Å². The summed E-state index contributed by atoms with van der Waals surface area (Å²) < 4.78 is 25.9. The monoisotopic (exact) mass is 507 g/mol. The van der Waals surface area contributed by atoms with Gasteiger partial charge in [-0.3, -0.25) is 4.79 Å². The molecule has 3 N–H and O–H groups in total. The summed E-state index contributed by atoms with van der Waals surface area (Å²) in [6, 6.07) is 9.87. The highest BCUT2D eigenvalue weighted by Crippen LogP contribution is 2.37. The molecule has 0 saturated carbocycles. The summed E-state index contributed by atoms with van der Waals surface area (Å²) >= 11 is 4.60. The number of carbonyl (C=O) groups excluding carboxylic acids is 1. The highest BCUT2D eigenvalue weighted by molar-refractivity contribution is 9.10. The van der Waals surface area contributed by atoms with Crippen LogP contribution in [0.3, 0.4) is 0 Å². The second-order valence-electron chi connectivity index (χ2n) is 6.15. The minimum atomic E-state index is -0.346. The summed E-state index contributed by atoms with van der Waals surface area (Å²) in [5.74, 6) is 0.221. The maximum Gasteiger partial charge on any atom is 0.247 e. The summed E-state index contributed by atoms with van der Waals surface area (Å²) in [6.45, 7) is 2.30. The van der Waals surface area contributed by atoms with Gasteiger partial charge in [-0.15, -0.1) is 10.2 Å². The van der Waals surface area contributed by atoms with Crippen molar-refractivity contribution >= 4 is 44.5 Å². The van der Waals surface area contributed by atoms with Crippen molar-refractivity contribution in [3.05, 3.63) is 62.8 Å². The van der Waals surface area contributed by atoms with E-state index in [1.807, 2.05) is 6.92 Å². The Hall–Kier alpha value is -3.05. The third-order valence-corrected chi connectivity index (χ3v) is 5.20. The Balaban J connectivity index is 1.68. The molecule has 0 radical (unpaired) electrons. The molecule has 0 atom stereocenters. The van der Waals surface area contributed by atoms with Crippen LogP contribution in [-0.4, -0.2) is 28.9 Å². The number of halogens is 2. The largest absolute Gasteiger partial charge is 0.490 e. The van der Waals surface area contributed by atoms with Gasteiger partial charge in [-0.1, -0.05) is 29.5 Å². The van der Waals surface area contributed by atoms with Gasteiger partial charge in [0.15, 0.2) is 11.5 Å². The Kier molecular flexibility index (Phi) is 7.90. The van der Waals surface area contributed by atoms with Crippen molar-refractivity contribution < 1.29 is 18.7 Å². The molecule has 3 rings (SSSR count). The number of nitrogens with one attached hydrogen (secondary N) is 1. The molecule has 0 spiro atoms. The van der Waals surface area contributed by atoms with Gasteiger partial charge in [0.2, 0.25) is 11.0 Å². The summed E-state index contributed by atoms with van der Waals surface area (Å²) in [6.07, 6.45) is 1.50. The number of aromatic nitrogens is 2. The lowest BCUT2D eigenvalue weighted by Gasteiger charge is -2.15. The number of hydrazone groups is 1. The molecular formula is C20H19BrFN5O3S. The summed E-state index contributed by atoms with van der Waals surface area (Å²) in [7, 11) is 0. The summed E-state index contributed by atoms with van der Waals surface area (Å²) in [5.41, 5.74) is 9.02. The van der Waals surface area contributed by atoms with E-state index in [9.17, 15) is 9.18 Å². The second kappa shape index (κ2) is 10.8. The van der Waals surface area contributed by atoms with E-state index in [0.29, 0.717) is 43.8 Å². The molecule has 0 unspecified atom stereocenters. The van der Waals surface area contributed by atoms with Crippen LogP contribution in [0.4, 0.5) is 9.52 Å². The Morgan fingerprint density at radius 3 is 2.84 bits per heavy atom. The van der Waals surface area contributed by atoms with Crippen molar-refractivity contribution in [3.8, 4) is 11.5 Å². The molecule has 3 aromatic rings. The lowest BCUT2D eigenvalue weighted by Crippen LogP contribution is -2.19. The number of hydrogen-bond acceptors (Lipinski definition) is 8. The molecule has 0 aliphatic rings. The van der Waals surface area contributed by atoms with E-state index in [2.05, 4.69) is 36.7 Å². The maximum atomic E-state index is 13.9. The van der Waals surface area contributed by atoms with Crippen LogP contribution < -0.4 is 20.6 Å². The summed E-state index contributed by atoms with van der Waals surface area (Å²) in [4.78, 5) is 11.9. The molecule has 0 fully saturated rings. The van der Waals surface area contributed by atoms with E-state index in [-0.39, 0.29) is 24.8 Å². The molecule has 8 nitrogen and oxygen atoms in total. The van der Waals surface area contributed by atoms with E-state index in [0.717, 1.165) is 11.3 Å². The first-order chi connectivity index (χ1) is 15.0. The Labute approximate surface area is 190 Å². The number of amides is 1. The number of anilines is 1. The molecule has 1 amide bonds. The highest BCUT2D eigenvalue weighted by atomic mass is 79.9. The molecule has 31 heavy (non-hydrogen) atoms. The average Bonchev–Trinajstić information content (AvgIpc) is 3.13. The molecule has 1 heterocycles. The van der Waals surface area contributed by atoms with Crippen LogP contribution in [0, 0.1) is 5.82 Å². The topological polar surface area (TPSA) is 112 Å². The van der Waals surface area contributed by atoms with Crippen molar-refractivity contribution in [1.82, 2.24) is 15.6 Å². The van der Waals surface area contributed by atoms with E-state index < -0.39 is 0 Å². The minimum Gasteiger partial charge on any atom is -0.490 e. The van der Waals surface area contributed by atoms with Crippen LogP contribution in [0.15, 0.2) is 46.0 Å². The molecule has 11 heteroatoms. The zero-order valence-corrected chi connectivity index (χ0v) is 18.9. The number of nitrogen functional groups attached to an aromatic ring is 1. The number of hydrogen-bond donors (Lipinski definition) is 2. The molecule has 0 aliphatic carbocycles. The SMILES string of the molecule is CCOc1cc(C=NNC(=O)Cc2nnc(N)s2)cc(Br)c1OCc1ccccc1F. The molecular weight excluding hydrogens is 489 g/mol. The molecule has 2 aromatic carbocycles. The number of ether oxygens (including phenoxy) is 2. The minimum absolute atomic E-state index is 0.0307. The fourth-order valence-corrected chi connectivity index (χ4v) is 3.71. The van der Waals surface area contributed by atoms with Crippen LogP contribution in [0.2, 0.25) is 0 Å². The molecule has 0 saturated heterocycles. The third kappa shape index (κ3) is 6.46. The van der Waals surface area contributed by atoms with Crippen molar-refractivity contribution in [2.24, 2.45) is 5.10 Å². The third-order valence-electron chi connectivity index (χ3n) is 3.86. The first kappa shape index (κ1) is 22.6. The Morgan fingerprint density at radius 2 is 2.13 bits per heavy atom. The van der Waals surface area contributed by atoms with Crippen molar-refractivity contribution in [2.45, 2.75) is 20.0 Å². The number of nitrogens with two attached hydrogens (primary N) is 1. The van der Waals surface area contributed by atoms with Crippen LogP contribution in [0.25, 0.3) is 0 Å². The van der Waals surface area contributed by atoms with Gasteiger partial charge in [-0.05, 0) is 46.6 Å². The van der Waals surface area contributed by atoms with E-state index in [4.69, 9.17) is 15.2 Å². The fraction of sp³-hybridized carbons (Fsp3) is 0.200. The predicted molar refractivity (Wildman–Crippen MR) is 120 cm³/mol. The highest BCUT2D eigenvalue weighted by Gasteiger charge is 2.13. The van der Waals surface area contributed by atoms with Gasteiger partial charge >= 0.3 is 0 Å². The van der Waals surface area contributed by atoms with Crippen molar-refractivity contribution in [2.75, 3.05) is 12.3 Å². The normalized spacial score (nSPS) is 10.9. The van der Waals surface area contributed by atoms with Crippen LogP contribution in [0.5, 0.6) is 11.5 Å². The van der Waals surface area contributed by atoms with Gasteiger partial charge in [-0.25, -0.2) is 9.82 Å². The quantitative estimate of drug-likeness (QED) is 0.337. The average molecular weight is 508 g/mol. The van der Waals surface area contributed by atoms with Crippen molar-refractivity contribution in [1.29, 1.82) is 0 Å². The molecule has 0 bridgehead atoms. The molecule has 162 valence electrons. The number of carbonyl (C=O) groups is 1. The van der Waals surface area contributed by atoms with Gasteiger partial charge in [-0.2, -0.15) is 5.10 Å². The van der Waals surface area contributed by atoms with E-state index in [1.165, 1.54) is 12.3 Å². The van der Waals surface area contributed by atoms with Crippen LogP contribution in [-0.2, 0) is 17.8 Å². The maximum absolute atomic E-state index is 13.9. The van der Waals surface area contributed by atoms with Gasteiger partial charge in [0.05, 0.1) is 23.7 Å².